The molecule has 5 heteroatoms. The number of ether oxygens (including phenoxy) is 1. The van der Waals surface area contributed by atoms with Crippen LogP contribution in [0, 0.1) is 11.6 Å². The summed E-state index contributed by atoms with van der Waals surface area (Å²) in [7, 11) is 0. The van der Waals surface area contributed by atoms with E-state index < -0.39 is 17.4 Å². The molecule has 18 heavy (non-hydrogen) atoms. The predicted molar refractivity (Wildman–Crippen MR) is 63.3 cm³/mol. The number of halogens is 2. The zero-order chi connectivity index (χ0) is 13.3. The van der Waals surface area contributed by atoms with Gasteiger partial charge in [-0.3, -0.25) is 4.90 Å². The maximum atomic E-state index is 13.2. The first-order valence-corrected chi connectivity index (χ1v) is 6.00. The first-order valence-electron chi connectivity index (χ1n) is 6.00. The van der Waals surface area contributed by atoms with Gasteiger partial charge in [-0.15, -0.1) is 0 Å². The number of rotatable bonds is 2. The van der Waals surface area contributed by atoms with Crippen molar-refractivity contribution in [1.82, 2.24) is 4.90 Å². The average molecular weight is 257 g/mol. The molecule has 2 unspecified atom stereocenters. The molecule has 1 fully saturated rings. The normalized spacial score (nSPS) is 25.3. The quantitative estimate of drug-likeness (QED) is 0.882. The number of benzene rings is 1. The minimum atomic E-state index is -0.917. The van der Waals surface area contributed by atoms with Gasteiger partial charge in [0, 0.05) is 19.6 Å². The van der Waals surface area contributed by atoms with Crippen molar-refractivity contribution in [3.05, 3.63) is 29.3 Å². The molecule has 0 spiro atoms. The van der Waals surface area contributed by atoms with Crippen LogP contribution in [-0.4, -0.2) is 35.3 Å². The summed E-state index contributed by atoms with van der Waals surface area (Å²) in [5.74, 6) is -2.75. The van der Waals surface area contributed by atoms with E-state index in [9.17, 15) is 8.78 Å². The standard InChI is InChI=1S/C13H17F2NO2/c1-8-5-16(6-9(2)18-8)7-10-3-11(14)13(17)12(15)4-10/h3-4,8-9,17H,5-7H2,1-2H3. The molecular weight excluding hydrogens is 240 g/mol. The summed E-state index contributed by atoms with van der Waals surface area (Å²) in [5.41, 5.74) is 0.518. The van der Waals surface area contributed by atoms with Gasteiger partial charge in [0.15, 0.2) is 17.4 Å². The molecule has 1 aromatic rings. The Hall–Kier alpha value is -1.20. The zero-order valence-electron chi connectivity index (χ0n) is 10.5. The van der Waals surface area contributed by atoms with Crippen LogP contribution in [0.15, 0.2) is 12.1 Å². The molecule has 0 radical (unpaired) electrons. The fraction of sp³-hybridized carbons (Fsp3) is 0.538. The number of phenols is 1. The van der Waals surface area contributed by atoms with Gasteiger partial charge in [0.05, 0.1) is 12.2 Å². The average Bonchev–Trinajstić information content (AvgIpc) is 2.24. The number of hydrogen-bond acceptors (Lipinski definition) is 3. The molecule has 1 aliphatic rings. The van der Waals surface area contributed by atoms with Crippen molar-refractivity contribution in [1.29, 1.82) is 0 Å². The van der Waals surface area contributed by atoms with Crippen LogP contribution in [0.5, 0.6) is 5.75 Å². The molecule has 0 aliphatic carbocycles. The van der Waals surface area contributed by atoms with Gasteiger partial charge in [-0.25, -0.2) is 8.78 Å². The monoisotopic (exact) mass is 257 g/mol. The van der Waals surface area contributed by atoms with E-state index in [1.165, 1.54) is 12.1 Å². The Morgan fingerprint density at radius 3 is 2.22 bits per heavy atom. The summed E-state index contributed by atoms with van der Waals surface area (Å²) in [4.78, 5) is 2.09. The van der Waals surface area contributed by atoms with Crippen LogP contribution in [0.1, 0.15) is 19.4 Å². The van der Waals surface area contributed by atoms with Crippen molar-refractivity contribution in [2.24, 2.45) is 0 Å². The fourth-order valence-electron chi connectivity index (χ4n) is 2.38. The number of nitrogens with zero attached hydrogens (tertiary/aromatic N) is 1. The molecule has 2 rings (SSSR count). The van der Waals surface area contributed by atoms with E-state index in [0.717, 1.165) is 13.1 Å². The van der Waals surface area contributed by atoms with Crippen LogP contribution in [0.25, 0.3) is 0 Å². The third kappa shape index (κ3) is 2.97. The number of phenolic OH excluding ortho intramolecular Hbond substituents is 1. The summed E-state index contributed by atoms with van der Waals surface area (Å²) < 4.78 is 32.0. The van der Waals surface area contributed by atoms with Gasteiger partial charge in [-0.1, -0.05) is 0 Å². The highest BCUT2D eigenvalue weighted by Gasteiger charge is 2.22. The molecule has 0 saturated carbocycles. The Balaban J connectivity index is 2.09. The lowest BCUT2D eigenvalue weighted by Gasteiger charge is -2.35. The smallest absolute Gasteiger partial charge is 0.187 e. The molecule has 3 nitrogen and oxygen atoms in total. The largest absolute Gasteiger partial charge is 0.503 e. The number of morpholine rings is 1. The fourth-order valence-corrected chi connectivity index (χ4v) is 2.38. The molecule has 1 aliphatic heterocycles. The molecular formula is C13H17F2NO2. The van der Waals surface area contributed by atoms with Crippen molar-refractivity contribution in [3.8, 4) is 5.75 Å². The number of aromatic hydroxyl groups is 1. The third-order valence-electron chi connectivity index (χ3n) is 2.98. The molecule has 0 bridgehead atoms. The van der Waals surface area contributed by atoms with Crippen molar-refractivity contribution in [3.63, 3.8) is 0 Å². The van der Waals surface area contributed by atoms with Crippen LogP contribution in [0.2, 0.25) is 0 Å². The lowest BCUT2D eigenvalue weighted by atomic mass is 10.1. The third-order valence-corrected chi connectivity index (χ3v) is 2.98. The molecule has 1 saturated heterocycles. The van der Waals surface area contributed by atoms with Crippen molar-refractivity contribution in [2.75, 3.05) is 13.1 Å². The number of hydrogen-bond donors (Lipinski definition) is 1. The van der Waals surface area contributed by atoms with Gasteiger partial charge in [0.1, 0.15) is 0 Å². The van der Waals surface area contributed by atoms with Gasteiger partial charge in [0.2, 0.25) is 0 Å². The maximum absolute atomic E-state index is 13.2. The van der Waals surface area contributed by atoms with Gasteiger partial charge in [-0.05, 0) is 31.5 Å². The van der Waals surface area contributed by atoms with Crippen LogP contribution in [-0.2, 0) is 11.3 Å². The van der Waals surface area contributed by atoms with E-state index >= 15 is 0 Å². The van der Waals surface area contributed by atoms with E-state index in [2.05, 4.69) is 4.90 Å². The van der Waals surface area contributed by atoms with E-state index in [-0.39, 0.29) is 12.2 Å². The second-order valence-electron chi connectivity index (χ2n) is 4.86. The molecule has 1 N–H and O–H groups in total. The topological polar surface area (TPSA) is 32.7 Å². The lowest BCUT2D eigenvalue weighted by Crippen LogP contribution is -2.44. The summed E-state index contributed by atoms with van der Waals surface area (Å²) in [5, 5.41) is 9.04. The van der Waals surface area contributed by atoms with E-state index in [0.29, 0.717) is 12.1 Å². The van der Waals surface area contributed by atoms with E-state index in [4.69, 9.17) is 9.84 Å². The Morgan fingerprint density at radius 2 is 1.72 bits per heavy atom. The van der Waals surface area contributed by atoms with Crippen LogP contribution >= 0.6 is 0 Å². The van der Waals surface area contributed by atoms with Gasteiger partial charge in [-0.2, -0.15) is 0 Å². The molecule has 1 heterocycles. The molecule has 0 amide bonds. The molecule has 0 aromatic heterocycles. The van der Waals surface area contributed by atoms with Gasteiger partial charge < -0.3 is 9.84 Å². The predicted octanol–water partition coefficient (Wildman–Crippen LogP) is 2.28. The molecule has 2 atom stereocenters. The van der Waals surface area contributed by atoms with Crippen molar-refractivity contribution in [2.45, 2.75) is 32.6 Å². The minimum Gasteiger partial charge on any atom is -0.503 e. The molecule has 1 aromatic carbocycles. The van der Waals surface area contributed by atoms with Crippen molar-refractivity contribution < 1.29 is 18.6 Å². The summed E-state index contributed by atoms with van der Waals surface area (Å²) in [6.45, 7) is 5.86. The minimum absolute atomic E-state index is 0.112. The first-order chi connectivity index (χ1) is 8.45. The Labute approximate surface area is 105 Å². The Bertz CT molecular complexity index is 406. The SMILES string of the molecule is CC1CN(Cc2cc(F)c(O)c(F)c2)CC(C)O1. The molecule has 100 valence electrons. The van der Waals surface area contributed by atoms with Crippen LogP contribution < -0.4 is 0 Å². The van der Waals surface area contributed by atoms with Gasteiger partial charge >= 0.3 is 0 Å². The van der Waals surface area contributed by atoms with Crippen LogP contribution in [0.4, 0.5) is 8.78 Å². The second kappa shape index (κ2) is 5.20. The highest BCUT2D eigenvalue weighted by Crippen LogP contribution is 2.23. The van der Waals surface area contributed by atoms with Gasteiger partial charge in [0.25, 0.3) is 0 Å². The highest BCUT2D eigenvalue weighted by molar-refractivity contribution is 5.30. The first kappa shape index (κ1) is 13.2. The second-order valence-corrected chi connectivity index (χ2v) is 4.86. The summed E-state index contributed by atoms with van der Waals surface area (Å²) in [6.07, 6.45) is 0.223. The van der Waals surface area contributed by atoms with Crippen molar-refractivity contribution >= 4 is 0 Å². The zero-order valence-corrected chi connectivity index (χ0v) is 10.5. The highest BCUT2D eigenvalue weighted by atomic mass is 19.1. The summed E-state index contributed by atoms with van der Waals surface area (Å²) >= 11 is 0. The Kier molecular flexibility index (Phi) is 3.82. The maximum Gasteiger partial charge on any atom is 0.187 e. The van der Waals surface area contributed by atoms with E-state index in [1.807, 2.05) is 13.8 Å². The van der Waals surface area contributed by atoms with Crippen LogP contribution in [0.3, 0.4) is 0 Å². The Morgan fingerprint density at radius 1 is 1.22 bits per heavy atom. The van der Waals surface area contributed by atoms with E-state index in [1.54, 1.807) is 0 Å². The summed E-state index contributed by atoms with van der Waals surface area (Å²) in [6, 6.07) is 2.34. The lowest BCUT2D eigenvalue weighted by molar-refractivity contribution is -0.0705.